The van der Waals surface area contributed by atoms with Gasteiger partial charge in [-0.3, -0.25) is 4.79 Å². The van der Waals surface area contributed by atoms with Crippen LogP contribution >= 0.6 is 0 Å². The fraction of sp³-hybridized carbons (Fsp3) is 0.833. The molecular formula is C12H22N2O4. The largest absolute Gasteiger partial charge is 0.480 e. The standard InChI is InChI=1S/C12H22N2O4/c1-12(2,3)9(13)10(15)14-6-7(18-4)5-8(14)11(16)17/h7-9H,5-6,13H2,1-4H3,(H,16,17)/t7?,8?,9-/m0/s1. The van der Waals surface area contributed by atoms with Crippen LogP contribution in [0, 0.1) is 5.41 Å². The number of aliphatic carboxylic acids is 1. The molecule has 0 aromatic rings. The van der Waals surface area contributed by atoms with Crippen LogP contribution in [0.4, 0.5) is 0 Å². The zero-order valence-corrected chi connectivity index (χ0v) is 11.3. The summed E-state index contributed by atoms with van der Waals surface area (Å²) in [6.45, 7) is 5.86. The third kappa shape index (κ3) is 3.00. The number of hydrogen-bond donors (Lipinski definition) is 2. The van der Waals surface area contributed by atoms with Crippen molar-refractivity contribution in [1.82, 2.24) is 4.90 Å². The van der Waals surface area contributed by atoms with Gasteiger partial charge in [-0.15, -0.1) is 0 Å². The minimum Gasteiger partial charge on any atom is -0.480 e. The second-order valence-electron chi connectivity index (χ2n) is 5.78. The average Bonchev–Trinajstić information content (AvgIpc) is 2.69. The molecule has 0 aliphatic carbocycles. The fourth-order valence-electron chi connectivity index (χ4n) is 1.99. The Hall–Kier alpha value is -1.14. The van der Waals surface area contributed by atoms with Crippen LogP contribution in [0.2, 0.25) is 0 Å². The summed E-state index contributed by atoms with van der Waals surface area (Å²) in [6, 6.07) is -1.55. The number of ether oxygens (including phenoxy) is 1. The van der Waals surface area contributed by atoms with E-state index in [1.54, 1.807) is 0 Å². The van der Waals surface area contributed by atoms with Crippen LogP contribution in [-0.2, 0) is 14.3 Å². The molecule has 1 heterocycles. The van der Waals surface area contributed by atoms with Gasteiger partial charge in [0, 0.05) is 20.1 Å². The van der Waals surface area contributed by atoms with Gasteiger partial charge in [-0.2, -0.15) is 0 Å². The molecule has 6 heteroatoms. The third-order valence-electron chi connectivity index (χ3n) is 3.36. The van der Waals surface area contributed by atoms with Gasteiger partial charge in [0.15, 0.2) is 0 Å². The number of carboxylic acids is 1. The predicted octanol–water partition coefficient (Wildman–Crippen LogP) is 0.0603. The highest BCUT2D eigenvalue weighted by atomic mass is 16.5. The Morgan fingerprint density at radius 1 is 1.44 bits per heavy atom. The summed E-state index contributed by atoms with van der Waals surface area (Å²) in [5, 5.41) is 9.14. The molecule has 1 saturated heterocycles. The van der Waals surface area contributed by atoms with Crippen molar-refractivity contribution in [3.8, 4) is 0 Å². The summed E-state index contributed by atoms with van der Waals surface area (Å²) in [6.07, 6.45) is 0.0799. The van der Waals surface area contributed by atoms with E-state index in [4.69, 9.17) is 15.6 Å². The van der Waals surface area contributed by atoms with Crippen LogP contribution in [0.25, 0.3) is 0 Å². The molecule has 6 nitrogen and oxygen atoms in total. The molecule has 0 saturated carbocycles. The summed E-state index contributed by atoms with van der Waals surface area (Å²) in [5.41, 5.74) is 5.50. The maximum atomic E-state index is 12.3. The number of hydrogen-bond acceptors (Lipinski definition) is 4. The molecular weight excluding hydrogens is 236 g/mol. The summed E-state index contributed by atoms with van der Waals surface area (Å²) in [4.78, 5) is 24.7. The molecule has 0 bridgehead atoms. The van der Waals surface area contributed by atoms with E-state index in [-0.39, 0.29) is 18.6 Å². The first-order valence-electron chi connectivity index (χ1n) is 6.00. The van der Waals surface area contributed by atoms with E-state index in [0.29, 0.717) is 6.42 Å². The molecule has 0 aromatic heterocycles. The second-order valence-corrected chi connectivity index (χ2v) is 5.78. The van der Waals surface area contributed by atoms with Crippen LogP contribution in [0.3, 0.4) is 0 Å². The van der Waals surface area contributed by atoms with Crippen LogP contribution in [0.15, 0.2) is 0 Å². The molecule has 3 N–H and O–H groups in total. The van der Waals surface area contributed by atoms with Crippen molar-refractivity contribution in [3.05, 3.63) is 0 Å². The van der Waals surface area contributed by atoms with Crippen molar-refractivity contribution in [3.63, 3.8) is 0 Å². The van der Waals surface area contributed by atoms with Gasteiger partial charge >= 0.3 is 5.97 Å². The Bertz CT molecular complexity index is 337. The van der Waals surface area contributed by atoms with Crippen molar-refractivity contribution in [2.45, 2.75) is 45.4 Å². The average molecular weight is 258 g/mol. The molecule has 1 rings (SSSR count). The van der Waals surface area contributed by atoms with Gasteiger partial charge in [-0.1, -0.05) is 20.8 Å². The lowest BCUT2D eigenvalue weighted by Gasteiger charge is -2.31. The number of carbonyl (C=O) groups excluding carboxylic acids is 1. The fourth-order valence-corrected chi connectivity index (χ4v) is 1.99. The number of methoxy groups -OCH3 is 1. The van der Waals surface area contributed by atoms with E-state index < -0.39 is 23.5 Å². The smallest absolute Gasteiger partial charge is 0.326 e. The van der Waals surface area contributed by atoms with Gasteiger partial charge in [-0.05, 0) is 5.41 Å². The molecule has 0 spiro atoms. The highest BCUT2D eigenvalue weighted by Gasteiger charge is 2.43. The van der Waals surface area contributed by atoms with E-state index in [9.17, 15) is 9.59 Å². The first-order valence-corrected chi connectivity index (χ1v) is 6.00. The van der Waals surface area contributed by atoms with Gasteiger partial charge in [-0.25, -0.2) is 4.79 Å². The number of nitrogens with zero attached hydrogens (tertiary/aromatic N) is 1. The molecule has 1 fully saturated rings. The van der Waals surface area contributed by atoms with E-state index in [1.807, 2.05) is 20.8 Å². The van der Waals surface area contributed by atoms with Crippen molar-refractivity contribution < 1.29 is 19.4 Å². The summed E-state index contributed by atoms with van der Waals surface area (Å²) < 4.78 is 5.14. The van der Waals surface area contributed by atoms with Crippen molar-refractivity contribution >= 4 is 11.9 Å². The Kier molecular flexibility index (Phi) is 4.34. The zero-order valence-electron chi connectivity index (χ0n) is 11.3. The quantitative estimate of drug-likeness (QED) is 0.746. The van der Waals surface area contributed by atoms with Gasteiger partial charge in [0.25, 0.3) is 0 Å². The normalized spacial score (nSPS) is 26.2. The molecule has 1 amide bonds. The number of nitrogens with two attached hydrogens (primary N) is 1. The van der Waals surface area contributed by atoms with E-state index in [2.05, 4.69) is 0 Å². The molecule has 0 aromatic carbocycles. The summed E-state index contributed by atoms with van der Waals surface area (Å²) in [7, 11) is 1.52. The van der Waals surface area contributed by atoms with Crippen LogP contribution in [0.5, 0.6) is 0 Å². The molecule has 18 heavy (non-hydrogen) atoms. The lowest BCUT2D eigenvalue weighted by Crippen LogP contribution is -2.53. The minimum atomic E-state index is -1.01. The van der Waals surface area contributed by atoms with Crippen LogP contribution < -0.4 is 5.73 Å². The second kappa shape index (κ2) is 5.24. The lowest BCUT2D eigenvalue weighted by molar-refractivity contribution is -0.149. The molecule has 2 unspecified atom stereocenters. The number of carboxylic acid groups (broad SMARTS) is 1. The van der Waals surface area contributed by atoms with Gasteiger partial charge in [0.2, 0.25) is 5.91 Å². The Balaban J connectivity index is 2.86. The van der Waals surface area contributed by atoms with Crippen LogP contribution in [0.1, 0.15) is 27.2 Å². The van der Waals surface area contributed by atoms with Gasteiger partial charge in [0.05, 0.1) is 12.1 Å². The van der Waals surface area contributed by atoms with Crippen LogP contribution in [-0.4, -0.2) is 53.7 Å². The molecule has 1 aliphatic rings. The monoisotopic (exact) mass is 258 g/mol. The maximum absolute atomic E-state index is 12.3. The third-order valence-corrected chi connectivity index (χ3v) is 3.36. The number of amides is 1. The van der Waals surface area contributed by atoms with E-state index in [1.165, 1.54) is 12.0 Å². The highest BCUT2D eigenvalue weighted by molar-refractivity contribution is 5.88. The Morgan fingerprint density at radius 2 is 2.00 bits per heavy atom. The Labute approximate surface area is 107 Å². The van der Waals surface area contributed by atoms with E-state index in [0.717, 1.165) is 0 Å². The molecule has 0 radical (unpaired) electrons. The molecule has 1 aliphatic heterocycles. The number of rotatable bonds is 3. The Morgan fingerprint density at radius 3 is 2.39 bits per heavy atom. The van der Waals surface area contributed by atoms with E-state index >= 15 is 0 Å². The maximum Gasteiger partial charge on any atom is 0.326 e. The van der Waals surface area contributed by atoms with Gasteiger partial charge in [0.1, 0.15) is 6.04 Å². The van der Waals surface area contributed by atoms with Crippen molar-refractivity contribution in [2.24, 2.45) is 11.1 Å². The highest BCUT2D eigenvalue weighted by Crippen LogP contribution is 2.25. The van der Waals surface area contributed by atoms with Crippen molar-refractivity contribution in [1.29, 1.82) is 0 Å². The topological polar surface area (TPSA) is 92.9 Å². The van der Waals surface area contributed by atoms with Gasteiger partial charge < -0.3 is 20.5 Å². The first kappa shape index (κ1) is 14.9. The summed E-state index contributed by atoms with van der Waals surface area (Å²) >= 11 is 0. The predicted molar refractivity (Wildman–Crippen MR) is 66.0 cm³/mol. The lowest BCUT2D eigenvalue weighted by atomic mass is 9.86. The minimum absolute atomic E-state index is 0.234. The zero-order chi connectivity index (χ0) is 14.1. The SMILES string of the molecule is COC1CC(C(=O)O)N(C(=O)[C@H](N)C(C)(C)C)C1. The first-order chi connectivity index (χ1) is 8.18. The van der Waals surface area contributed by atoms with Crippen molar-refractivity contribution in [2.75, 3.05) is 13.7 Å². The molecule has 104 valence electrons. The summed E-state index contributed by atoms with van der Waals surface area (Å²) in [5.74, 6) is -1.33. The number of likely N-dealkylation sites (tertiary alicyclic amines) is 1. The number of carbonyl (C=O) groups is 2. The molecule has 3 atom stereocenters.